The van der Waals surface area contributed by atoms with Crippen LogP contribution < -0.4 is 14.8 Å². The molecule has 1 amide bonds. The van der Waals surface area contributed by atoms with E-state index in [4.69, 9.17) is 32.7 Å². The first-order chi connectivity index (χ1) is 14.0. The van der Waals surface area contributed by atoms with Crippen molar-refractivity contribution in [2.24, 2.45) is 0 Å². The van der Waals surface area contributed by atoms with Gasteiger partial charge >= 0.3 is 0 Å². The third-order valence-corrected chi connectivity index (χ3v) is 5.64. The summed E-state index contributed by atoms with van der Waals surface area (Å²) in [4.78, 5) is 17.0. The lowest BCUT2D eigenvalue weighted by Gasteiger charge is -2.34. The van der Waals surface area contributed by atoms with E-state index in [0.29, 0.717) is 33.8 Å². The minimum Gasteiger partial charge on any atom is -0.497 e. The normalized spacial score (nSPS) is 15.2. The van der Waals surface area contributed by atoms with Gasteiger partial charge in [0.1, 0.15) is 11.5 Å². The lowest BCUT2D eigenvalue weighted by atomic mass is 10.2. The molecule has 1 saturated heterocycles. The predicted molar refractivity (Wildman–Crippen MR) is 116 cm³/mol. The van der Waals surface area contributed by atoms with Crippen molar-refractivity contribution in [1.29, 1.82) is 0 Å². The summed E-state index contributed by atoms with van der Waals surface area (Å²) in [5.74, 6) is 1.19. The molecule has 2 aromatic carbocycles. The fourth-order valence-corrected chi connectivity index (χ4v) is 3.62. The first kappa shape index (κ1) is 21.7. The van der Waals surface area contributed by atoms with Crippen LogP contribution in [0.25, 0.3) is 0 Å². The smallest absolute Gasteiger partial charge is 0.238 e. The van der Waals surface area contributed by atoms with Gasteiger partial charge in [0.25, 0.3) is 0 Å². The molecule has 0 aromatic heterocycles. The second kappa shape index (κ2) is 10.2. The highest BCUT2D eigenvalue weighted by Crippen LogP contribution is 2.29. The molecular weight excluding hydrogens is 413 g/mol. The molecule has 0 unspecified atom stereocenters. The molecule has 2 aromatic rings. The third-order valence-electron chi connectivity index (χ3n) is 4.91. The molecule has 1 fully saturated rings. The summed E-state index contributed by atoms with van der Waals surface area (Å²) in [7, 11) is 3.16. The summed E-state index contributed by atoms with van der Waals surface area (Å²) >= 11 is 12.1. The van der Waals surface area contributed by atoms with E-state index in [0.717, 1.165) is 38.3 Å². The van der Waals surface area contributed by atoms with Crippen LogP contribution in [0.2, 0.25) is 10.0 Å². The highest BCUT2D eigenvalue weighted by atomic mass is 35.5. The Morgan fingerprint density at radius 3 is 2.34 bits per heavy atom. The van der Waals surface area contributed by atoms with E-state index in [-0.39, 0.29) is 5.91 Å². The average molecular weight is 438 g/mol. The molecule has 3 rings (SSSR count). The molecule has 0 saturated carbocycles. The molecule has 1 heterocycles. The fraction of sp³-hybridized carbons (Fsp3) is 0.381. The molecule has 6 nitrogen and oxygen atoms in total. The maximum atomic E-state index is 12.5. The summed E-state index contributed by atoms with van der Waals surface area (Å²) in [5, 5.41) is 4.07. The molecule has 0 spiro atoms. The average Bonchev–Trinajstić information content (AvgIpc) is 2.72. The SMILES string of the molecule is COc1ccc(NC(=O)CN2CCN(Cc3ccc(Cl)c(Cl)c3)CC2)c(OC)c1. The molecule has 29 heavy (non-hydrogen) atoms. The maximum absolute atomic E-state index is 12.5. The van der Waals surface area contributed by atoms with Crippen molar-refractivity contribution in [3.05, 3.63) is 52.0 Å². The van der Waals surface area contributed by atoms with Crippen molar-refractivity contribution in [3.63, 3.8) is 0 Å². The van der Waals surface area contributed by atoms with Crippen molar-refractivity contribution in [1.82, 2.24) is 9.80 Å². The molecular formula is C21H25Cl2N3O3. The molecule has 1 aliphatic rings. The topological polar surface area (TPSA) is 54.0 Å². The summed E-state index contributed by atoms with van der Waals surface area (Å²) in [5.41, 5.74) is 1.77. The van der Waals surface area contributed by atoms with Crippen molar-refractivity contribution >= 4 is 34.8 Å². The number of hydrogen-bond donors (Lipinski definition) is 1. The molecule has 1 N–H and O–H groups in total. The van der Waals surface area contributed by atoms with Crippen molar-refractivity contribution in [3.8, 4) is 11.5 Å². The standard InChI is InChI=1S/C21H25Cl2N3O3/c1-28-16-4-6-19(20(12-16)29-2)24-21(27)14-26-9-7-25(8-10-26)13-15-3-5-17(22)18(23)11-15/h3-6,11-12H,7-10,13-14H2,1-2H3,(H,24,27). The van der Waals surface area contributed by atoms with Gasteiger partial charge in [0.05, 0.1) is 36.5 Å². The Bertz CT molecular complexity index is 855. The van der Waals surface area contributed by atoms with Crippen LogP contribution in [0.3, 0.4) is 0 Å². The predicted octanol–water partition coefficient (Wildman–Crippen LogP) is 3.77. The Balaban J connectivity index is 1.48. The van der Waals surface area contributed by atoms with E-state index in [1.807, 2.05) is 18.2 Å². The Kier molecular flexibility index (Phi) is 7.61. The van der Waals surface area contributed by atoms with Gasteiger partial charge in [0.2, 0.25) is 5.91 Å². The van der Waals surface area contributed by atoms with E-state index in [2.05, 4.69) is 15.1 Å². The number of methoxy groups -OCH3 is 2. The minimum absolute atomic E-state index is 0.0635. The van der Waals surface area contributed by atoms with Gasteiger partial charge in [-0.05, 0) is 29.8 Å². The quantitative estimate of drug-likeness (QED) is 0.714. The number of nitrogens with one attached hydrogen (secondary N) is 1. The summed E-state index contributed by atoms with van der Waals surface area (Å²) in [6.45, 7) is 4.59. The van der Waals surface area contributed by atoms with E-state index < -0.39 is 0 Å². The Hall–Kier alpha value is -1.99. The monoisotopic (exact) mass is 437 g/mol. The van der Waals surface area contributed by atoms with Gasteiger partial charge < -0.3 is 14.8 Å². The van der Waals surface area contributed by atoms with Crippen LogP contribution in [0.5, 0.6) is 11.5 Å². The number of amides is 1. The first-order valence-corrected chi connectivity index (χ1v) is 10.1. The van der Waals surface area contributed by atoms with Gasteiger partial charge in [0.15, 0.2) is 0 Å². The summed E-state index contributed by atoms with van der Waals surface area (Å²) in [6.07, 6.45) is 0. The molecule has 156 valence electrons. The number of carbonyl (C=O) groups excluding carboxylic acids is 1. The van der Waals surface area contributed by atoms with Gasteiger partial charge in [-0.25, -0.2) is 0 Å². The minimum atomic E-state index is -0.0635. The lowest BCUT2D eigenvalue weighted by molar-refractivity contribution is -0.117. The number of ether oxygens (including phenoxy) is 2. The molecule has 0 atom stereocenters. The zero-order chi connectivity index (χ0) is 20.8. The van der Waals surface area contributed by atoms with Gasteiger partial charge in [0, 0.05) is 38.8 Å². The highest BCUT2D eigenvalue weighted by Gasteiger charge is 2.20. The number of hydrogen-bond acceptors (Lipinski definition) is 5. The van der Waals surface area contributed by atoms with Gasteiger partial charge in [-0.15, -0.1) is 0 Å². The number of carbonyl (C=O) groups is 1. The van der Waals surface area contributed by atoms with Crippen LogP contribution in [-0.2, 0) is 11.3 Å². The van der Waals surface area contributed by atoms with Gasteiger partial charge in [-0.2, -0.15) is 0 Å². The molecule has 8 heteroatoms. The fourth-order valence-electron chi connectivity index (χ4n) is 3.30. The number of halogens is 2. The van der Waals surface area contributed by atoms with Crippen LogP contribution in [-0.4, -0.2) is 62.7 Å². The number of piperazine rings is 1. The van der Waals surface area contributed by atoms with Gasteiger partial charge in [-0.1, -0.05) is 29.3 Å². The number of rotatable bonds is 7. The molecule has 0 aliphatic carbocycles. The Morgan fingerprint density at radius 1 is 0.966 bits per heavy atom. The largest absolute Gasteiger partial charge is 0.497 e. The van der Waals surface area contributed by atoms with Crippen molar-refractivity contribution in [2.75, 3.05) is 52.3 Å². The lowest BCUT2D eigenvalue weighted by Crippen LogP contribution is -2.48. The van der Waals surface area contributed by atoms with E-state index in [1.54, 1.807) is 32.4 Å². The number of nitrogens with zero attached hydrogens (tertiary/aromatic N) is 2. The van der Waals surface area contributed by atoms with Crippen molar-refractivity contribution in [2.45, 2.75) is 6.54 Å². The molecule has 0 bridgehead atoms. The third kappa shape index (κ3) is 6.00. The zero-order valence-corrected chi connectivity index (χ0v) is 18.1. The van der Waals surface area contributed by atoms with Crippen LogP contribution in [0.15, 0.2) is 36.4 Å². The molecule has 1 aliphatic heterocycles. The number of anilines is 1. The van der Waals surface area contributed by atoms with E-state index in [9.17, 15) is 4.79 Å². The number of benzene rings is 2. The zero-order valence-electron chi connectivity index (χ0n) is 16.6. The summed E-state index contributed by atoms with van der Waals surface area (Å²) in [6, 6.07) is 11.1. The molecule has 0 radical (unpaired) electrons. The summed E-state index contributed by atoms with van der Waals surface area (Å²) < 4.78 is 10.5. The first-order valence-electron chi connectivity index (χ1n) is 9.39. The second-order valence-corrected chi connectivity index (χ2v) is 7.73. The second-order valence-electron chi connectivity index (χ2n) is 6.92. The Morgan fingerprint density at radius 2 is 1.69 bits per heavy atom. The van der Waals surface area contributed by atoms with Crippen molar-refractivity contribution < 1.29 is 14.3 Å². The Labute approximate surface area is 181 Å². The van der Waals surface area contributed by atoms with E-state index in [1.165, 1.54) is 0 Å². The van der Waals surface area contributed by atoms with Crippen LogP contribution >= 0.6 is 23.2 Å². The van der Waals surface area contributed by atoms with Gasteiger partial charge in [-0.3, -0.25) is 14.6 Å². The highest BCUT2D eigenvalue weighted by molar-refractivity contribution is 6.42. The van der Waals surface area contributed by atoms with Crippen LogP contribution in [0.4, 0.5) is 5.69 Å². The van der Waals surface area contributed by atoms with Crippen LogP contribution in [0, 0.1) is 0 Å². The van der Waals surface area contributed by atoms with E-state index >= 15 is 0 Å². The van der Waals surface area contributed by atoms with Crippen LogP contribution in [0.1, 0.15) is 5.56 Å². The maximum Gasteiger partial charge on any atom is 0.238 e.